The molecule has 1 aromatic carbocycles. The van der Waals surface area contributed by atoms with Crippen molar-refractivity contribution in [2.24, 2.45) is 0 Å². The van der Waals surface area contributed by atoms with Crippen LogP contribution in [0, 0.1) is 6.90 Å². The van der Waals surface area contributed by atoms with E-state index in [4.69, 9.17) is 1.37 Å². The Kier molecular flexibility index (Phi) is 2.83. The number of halogens is 1. The van der Waals surface area contributed by atoms with Gasteiger partial charge in [-0.1, -0.05) is 36.7 Å². The van der Waals surface area contributed by atoms with Crippen LogP contribution in [0.15, 0.2) is 10.5 Å². The molecule has 0 saturated heterocycles. The first-order valence-corrected chi connectivity index (χ1v) is 5.41. The molecule has 0 aliphatic heterocycles. The SMILES string of the molecule is [2H]Cc1c(O)c(C=O)cc(Br)c1C(C)(C)C. The van der Waals surface area contributed by atoms with Gasteiger partial charge >= 0.3 is 0 Å². The summed E-state index contributed by atoms with van der Waals surface area (Å²) in [5, 5.41) is 9.89. The third kappa shape index (κ3) is 2.23. The number of phenolic OH excluding ortho intramolecular Hbond substituents is 1. The fraction of sp³-hybridized carbons (Fsp3) is 0.417. The third-order valence-corrected chi connectivity index (χ3v) is 2.88. The molecule has 0 aromatic heterocycles. The summed E-state index contributed by atoms with van der Waals surface area (Å²) in [5.74, 6) is -0.0712. The monoisotopic (exact) mass is 271 g/mol. The van der Waals surface area contributed by atoms with Gasteiger partial charge in [0.1, 0.15) is 5.75 Å². The Balaban J connectivity index is 3.62. The number of aromatic hydroxyl groups is 1. The lowest BCUT2D eigenvalue weighted by atomic mass is 9.83. The molecular formula is C12H15BrO2. The summed E-state index contributed by atoms with van der Waals surface area (Å²) in [6.07, 6.45) is 0.603. The van der Waals surface area contributed by atoms with Gasteiger partial charge in [0, 0.05) is 5.84 Å². The highest BCUT2D eigenvalue weighted by Crippen LogP contribution is 2.38. The summed E-state index contributed by atoms with van der Waals surface area (Å²) >= 11 is 3.40. The maximum Gasteiger partial charge on any atom is 0.153 e. The van der Waals surface area contributed by atoms with Crippen LogP contribution in [0.4, 0.5) is 0 Å². The molecule has 0 amide bonds. The lowest BCUT2D eigenvalue weighted by Crippen LogP contribution is -2.14. The molecule has 1 rings (SSSR count). The number of hydrogen-bond donors (Lipinski definition) is 1. The molecule has 0 aliphatic carbocycles. The highest BCUT2D eigenvalue weighted by molar-refractivity contribution is 9.10. The van der Waals surface area contributed by atoms with Gasteiger partial charge in [-0.2, -0.15) is 0 Å². The first-order chi connectivity index (χ1) is 7.32. The average molecular weight is 272 g/mol. The molecule has 3 heteroatoms. The normalized spacial score (nSPS) is 12.4. The van der Waals surface area contributed by atoms with E-state index in [1.165, 1.54) is 0 Å². The third-order valence-electron chi connectivity index (χ3n) is 2.26. The summed E-state index contributed by atoms with van der Waals surface area (Å²) in [6, 6.07) is 1.60. The quantitative estimate of drug-likeness (QED) is 0.793. The standard InChI is InChI=1S/C12H15BrO2/c1-7-10(12(2,3)4)9(13)5-8(6-14)11(7)15/h5-6,15H,1-4H3/i1D. The van der Waals surface area contributed by atoms with Crippen molar-refractivity contribution in [3.8, 4) is 5.75 Å². The Morgan fingerprint density at radius 3 is 2.53 bits per heavy atom. The molecule has 0 unspecified atom stereocenters. The minimum atomic E-state index is -0.186. The first-order valence-electron chi connectivity index (χ1n) is 5.32. The van der Waals surface area contributed by atoms with E-state index in [0.717, 1.165) is 10.0 Å². The van der Waals surface area contributed by atoms with E-state index >= 15 is 0 Å². The van der Waals surface area contributed by atoms with Crippen LogP contribution in [0.5, 0.6) is 5.75 Å². The van der Waals surface area contributed by atoms with Gasteiger partial charge in [0.05, 0.1) is 5.56 Å². The molecule has 0 bridgehead atoms. The molecule has 0 heterocycles. The Morgan fingerprint density at radius 2 is 2.13 bits per heavy atom. The minimum Gasteiger partial charge on any atom is -0.507 e. The first kappa shape index (κ1) is 10.7. The van der Waals surface area contributed by atoms with Crippen LogP contribution in [-0.2, 0) is 5.41 Å². The largest absolute Gasteiger partial charge is 0.507 e. The Hall–Kier alpha value is -0.830. The molecule has 0 radical (unpaired) electrons. The fourth-order valence-corrected chi connectivity index (χ4v) is 2.70. The number of rotatable bonds is 1. The van der Waals surface area contributed by atoms with Crippen molar-refractivity contribution in [2.45, 2.75) is 33.1 Å². The van der Waals surface area contributed by atoms with E-state index in [1.807, 2.05) is 20.8 Å². The predicted octanol–water partition coefficient (Wildman–Crippen LogP) is 3.57. The maximum absolute atomic E-state index is 10.8. The van der Waals surface area contributed by atoms with Crippen LogP contribution >= 0.6 is 15.9 Å². The second-order valence-corrected chi connectivity index (χ2v) is 5.37. The van der Waals surface area contributed by atoms with Crippen LogP contribution in [0.25, 0.3) is 0 Å². The van der Waals surface area contributed by atoms with Crippen LogP contribution in [0.3, 0.4) is 0 Å². The van der Waals surface area contributed by atoms with Gasteiger partial charge in [0.2, 0.25) is 0 Å². The molecule has 0 spiro atoms. The molecule has 82 valence electrons. The van der Waals surface area contributed by atoms with Crippen LogP contribution in [0.1, 0.15) is 43.6 Å². The fourth-order valence-electron chi connectivity index (χ4n) is 1.61. The smallest absolute Gasteiger partial charge is 0.153 e. The zero-order valence-corrected chi connectivity index (χ0v) is 10.7. The molecule has 2 nitrogen and oxygen atoms in total. The number of carbonyl (C=O) groups is 1. The number of hydrogen-bond acceptors (Lipinski definition) is 2. The predicted molar refractivity (Wildman–Crippen MR) is 64.6 cm³/mol. The van der Waals surface area contributed by atoms with E-state index in [0.29, 0.717) is 11.8 Å². The van der Waals surface area contributed by atoms with Gasteiger partial charge in [0.25, 0.3) is 0 Å². The van der Waals surface area contributed by atoms with E-state index in [-0.39, 0.29) is 23.6 Å². The van der Waals surface area contributed by atoms with Gasteiger partial charge in [-0.3, -0.25) is 4.79 Å². The van der Waals surface area contributed by atoms with Crippen molar-refractivity contribution in [3.63, 3.8) is 0 Å². The van der Waals surface area contributed by atoms with Gasteiger partial charge in [-0.05, 0) is 29.5 Å². The molecule has 15 heavy (non-hydrogen) atoms. The average Bonchev–Trinajstić information content (AvgIpc) is 2.18. The highest BCUT2D eigenvalue weighted by Gasteiger charge is 2.23. The van der Waals surface area contributed by atoms with Crippen molar-refractivity contribution in [1.29, 1.82) is 0 Å². The molecule has 0 aliphatic rings. The summed E-state index contributed by atoms with van der Waals surface area (Å²) in [5.41, 5.74) is 1.44. The highest BCUT2D eigenvalue weighted by atomic mass is 79.9. The Morgan fingerprint density at radius 1 is 1.53 bits per heavy atom. The minimum absolute atomic E-state index is 0.0429. The summed E-state index contributed by atoms with van der Waals surface area (Å²) in [6.45, 7) is 5.98. The lowest BCUT2D eigenvalue weighted by molar-refractivity contribution is 0.112. The second-order valence-electron chi connectivity index (χ2n) is 4.52. The van der Waals surface area contributed by atoms with Crippen molar-refractivity contribution in [1.82, 2.24) is 0 Å². The number of carbonyl (C=O) groups excluding carboxylic acids is 1. The molecule has 1 N–H and O–H groups in total. The summed E-state index contributed by atoms with van der Waals surface area (Å²) < 4.78 is 8.24. The van der Waals surface area contributed by atoms with Gasteiger partial charge in [-0.15, -0.1) is 0 Å². The van der Waals surface area contributed by atoms with Crippen molar-refractivity contribution < 1.29 is 11.3 Å². The van der Waals surface area contributed by atoms with E-state index in [1.54, 1.807) is 6.07 Å². The van der Waals surface area contributed by atoms with Crippen LogP contribution in [0.2, 0.25) is 0 Å². The number of phenols is 1. The zero-order valence-electron chi connectivity index (χ0n) is 10.1. The maximum atomic E-state index is 10.8. The summed E-state index contributed by atoms with van der Waals surface area (Å²) in [4.78, 5) is 10.8. The molecule has 1 aromatic rings. The zero-order chi connectivity index (χ0) is 12.5. The molecule has 0 atom stereocenters. The van der Waals surface area contributed by atoms with Gasteiger partial charge < -0.3 is 5.11 Å². The van der Waals surface area contributed by atoms with Gasteiger partial charge in [-0.25, -0.2) is 0 Å². The Labute approximate surface area is 99.8 Å². The van der Waals surface area contributed by atoms with Crippen molar-refractivity contribution in [3.05, 3.63) is 27.2 Å². The van der Waals surface area contributed by atoms with E-state index in [9.17, 15) is 9.90 Å². The van der Waals surface area contributed by atoms with Gasteiger partial charge in [0.15, 0.2) is 6.29 Å². The molecular weight excluding hydrogens is 256 g/mol. The van der Waals surface area contributed by atoms with Crippen LogP contribution < -0.4 is 0 Å². The Bertz CT molecular complexity index is 422. The topological polar surface area (TPSA) is 37.3 Å². The molecule has 0 fully saturated rings. The van der Waals surface area contributed by atoms with E-state index < -0.39 is 0 Å². The summed E-state index contributed by atoms with van der Waals surface area (Å²) in [7, 11) is 0. The number of aldehydes is 1. The lowest BCUT2D eigenvalue weighted by Gasteiger charge is -2.24. The van der Waals surface area contributed by atoms with Crippen molar-refractivity contribution >= 4 is 22.2 Å². The molecule has 0 saturated carbocycles. The van der Waals surface area contributed by atoms with E-state index in [2.05, 4.69) is 15.9 Å². The van der Waals surface area contributed by atoms with Crippen LogP contribution in [-0.4, -0.2) is 11.4 Å². The van der Waals surface area contributed by atoms with Crippen molar-refractivity contribution in [2.75, 3.05) is 0 Å². The second kappa shape index (κ2) is 3.97. The number of benzene rings is 1.